The number of hydrogen-bond donors (Lipinski definition) is 1. The van der Waals surface area contributed by atoms with E-state index in [1.165, 1.54) is 4.88 Å². The molecule has 0 aliphatic carbocycles. The van der Waals surface area contributed by atoms with Crippen LogP contribution in [0.3, 0.4) is 0 Å². The van der Waals surface area contributed by atoms with Gasteiger partial charge in [-0.2, -0.15) is 0 Å². The molecule has 2 nitrogen and oxygen atoms in total. The maximum Gasteiger partial charge on any atom is 0.0897 e. The van der Waals surface area contributed by atoms with E-state index in [4.69, 9.17) is 0 Å². The predicted molar refractivity (Wildman–Crippen MR) is 56.7 cm³/mol. The maximum atomic E-state index is 4.21. The first-order valence-electron chi connectivity index (χ1n) is 4.29. The fraction of sp³-hybridized carbons (Fsp3) is 0.500. The average molecular weight is 194 g/mol. The minimum absolute atomic E-state index is 0.354. The van der Waals surface area contributed by atoms with Crippen molar-refractivity contribution in [2.75, 3.05) is 6.54 Å². The summed E-state index contributed by atoms with van der Waals surface area (Å²) in [5.74, 6) is 5.83. The lowest BCUT2D eigenvalue weighted by atomic mass is 10.3. The third-order valence-corrected chi connectivity index (χ3v) is 2.83. The third-order valence-electron chi connectivity index (χ3n) is 1.74. The van der Waals surface area contributed by atoms with Gasteiger partial charge in [0, 0.05) is 17.1 Å². The molecule has 0 aliphatic rings. The molecular formula is C10H14N2S. The Labute approximate surface area is 83.4 Å². The largest absolute Gasteiger partial charge is 0.299 e. The van der Waals surface area contributed by atoms with Crippen molar-refractivity contribution in [2.24, 2.45) is 0 Å². The molecule has 0 amide bonds. The molecule has 13 heavy (non-hydrogen) atoms. The van der Waals surface area contributed by atoms with Crippen LogP contribution in [0.2, 0.25) is 0 Å². The van der Waals surface area contributed by atoms with Crippen molar-refractivity contribution in [2.45, 2.75) is 26.8 Å². The lowest BCUT2D eigenvalue weighted by Crippen LogP contribution is -2.17. The van der Waals surface area contributed by atoms with Crippen LogP contribution >= 0.6 is 11.3 Å². The number of rotatable bonds is 3. The van der Waals surface area contributed by atoms with Crippen molar-refractivity contribution in [3.05, 3.63) is 16.1 Å². The van der Waals surface area contributed by atoms with Crippen LogP contribution < -0.4 is 5.32 Å². The quantitative estimate of drug-likeness (QED) is 0.746. The van der Waals surface area contributed by atoms with Gasteiger partial charge in [-0.15, -0.1) is 17.3 Å². The molecule has 0 bridgehead atoms. The molecule has 0 aromatic carbocycles. The molecule has 0 spiro atoms. The summed E-state index contributed by atoms with van der Waals surface area (Å²) in [6.45, 7) is 6.74. The summed E-state index contributed by atoms with van der Waals surface area (Å²) in [5, 5.41) is 4.43. The molecule has 1 N–H and O–H groups in total. The first-order chi connectivity index (χ1) is 6.24. The first kappa shape index (κ1) is 10.2. The fourth-order valence-electron chi connectivity index (χ4n) is 0.971. The summed E-state index contributed by atoms with van der Waals surface area (Å²) in [6, 6.07) is 0.354. The van der Waals surface area contributed by atoms with Crippen molar-refractivity contribution in [3.8, 4) is 11.8 Å². The van der Waals surface area contributed by atoms with Crippen LogP contribution in [0.1, 0.15) is 29.8 Å². The van der Waals surface area contributed by atoms with Crippen molar-refractivity contribution >= 4 is 11.3 Å². The summed E-state index contributed by atoms with van der Waals surface area (Å²) >= 11 is 1.73. The summed E-state index contributed by atoms with van der Waals surface area (Å²) in [6.07, 6.45) is 1.93. The molecule has 0 fully saturated rings. The van der Waals surface area contributed by atoms with Crippen molar-refractivity contribution < 1.29 is 0 Å². The van der Waals surface area contributed by atoms with Crippen molar-refractivity contribution in [3.63, 3.8) is 0 Å². The van der Waals surface area contributed by atoms with E-state index in [9.17, 15) is 0 Å². The van der Waals surface area contributed by atoms with Crippen LogP contribution in [0.4, 0.5) is 0 Å². The van der Waals surface area contributed by atoms with Crippen LogP contribution in [-0.4, -0.2) is 11.5 Å². The molecule has 1 aromatic heterocycles. The topological polar surface area (TPSA) is 24.9 Å². The number of nitrogens with zero attached hydrogens (tertiary/aromatic N) is 1. The smallest absolute Gasteiger partial charge is 0.0897 e. The molecule has 0 saturated carbocycles. The van der Waals surface area contributed by atoms with E-state index in [1.54, 1.807) is 11.3 Å². The van der Waals surface area contributed by atoms with Gasteiger partial charge in [0.15, 0.2) is 0 Å². The normalized spacial score (nSPS) is 11.9. The number of aryl methyl sites for hydroxylation is 1. The van der Waals surface area contributed by atoms with Crippen LogP contribution in [-0.2, 0) is 0 Å². The molecule has 1 unspecified atom stereocenters. The first-order valence-corrected chi connectivity index (χ1v) is 5.11. The highest BCUT2D eigenvalue weighted by Gasteiger charge is 2.06. The Morgan fingerprint density at radius 3 is 3.00 bits per heavy atom. The van der Waals surface area contributed by atoms with Gasteiger partial charge < -0.3 is 0 Å². The average Bonchev–Trinajstić information content (AvgIpc) is 2.52. The molecule has 1 aromatic rings. The second-order valence-corrected chi connectivity index (χ2v) is 4.08. The zero-order valence-corrected chi connectivity index (χ0v) is 9.03. The third kappa shape index (κ3) is 3.17. The lowest BCUT2D eigenvalue weighted by molar-refractivity contribution is 0.632. The van der Waals surface area contributed by atoms with Gasteiger partial charge in [0.2, 0.25) is 0 Å². The van der Waals surface area contributed by atoms with E-state index in [1.807, 2.05) is 20.0 Å². The molecule has 3 heteroatoms. The van der Waals surface area contributed by atoms with Crippen LogP contribution in [0.15, 0.2) is 6.20 Å². The Kier molecular flexibility index (Phi) is 3.94. The van der Waals surface area contributed by atoms with Crippen molar-refractivity contribution in [1.82, 2.24) is 10.3 Å². The Morgan fingerprint density at radius 1 is 1.69 bits per heavy atom. The van der Waals surface area contributed by atoms with Gasteiger partial charge in [0.05, 0.1) is 11.6 Å². The van der Waals surface area contributed by atoms with Crippen LogP contribution in [0, 0.1) is 18.8 Å². The summed E-state index contributed by atoms with van der Waals surface area (Å²) in [5.41, 5.74) is 0. The SMILES string of the molecule is CC#CCNC(C)c1cnc(C)s1. The standard InChI is InChI=1S/C10H14N2S/c1-4-5-6-11-8(2)10-7-12-9(3)13-10/h7-8,11H,6H2,1-3H3. The summed E-state index contributed by atoms with van der Waals surface area (Å²) in [4.78, 5) is 5.48. The molecule has 1 atom stereocenters. The zero-order chi connectivity index (χ0) is 9.68. The van der Waals surface area contributed by atoms with Gasteiger partial charge in [0.25, 0.3) is 0 Å². The molecule has 70 valence electrons. The molecule has 0 saturated heterocycles. The Bertz CT molecular complexity index is 319. The predicted octanol–water partition coefficient (Wildman–Crippen LogP) is 2.13. The second-order valence-electron chi connectivity index (χ2n) is 2.81. The highest BCUT2D eigenvalue weighted by Crippen LogP contribution is 2.19. The van der Waals surface area contributed by atoms with E-state index < -0.39 is 0 Å². The number of nitrogens with one attached hydrogen (secondary N) is 1. The zero-order valence-electron chi connectivity index (χ0n) is 8.22. The minimum atomic E-state index is 0.354. The van der Waals surface area contributed by atoms with E-state index in [0.717, 1.165) is 11.6 Å². The van der Waals surface area contributed by atoms with Gasteiger partial charge in [-0.25, -0.2) is 4.98 Å². The van der Waals surface area contributed by atoms with Crippen LogP contribution in [0.5, 0.6) is 0 Å². The number of aromatic nitrogens is 1. The van der Waals surface area contributed by atoms with Gasteiger partial charge in [-0.1, -0.05) is 5.92 Å². The van der Waals surface area contributed by atoms with Crippen molar-refractivity contribution in [1.29, 1.82) is 0 Å². The van der Waals surface area contributed by atoms with Gasteiger partial charge >= 0.3 is 0 Å². The lowest BCUT2D eigenvalue weighted by Gasteiger charge is -2.07. The van der Waals surface area contributed by atoms with Crippen LogP contribution in [0.25, 0.3) is 0 Å². The highest BCUT2D eigenvalue weighted by molar-refractivity contribution is 7.11. The Morgan fingerprint density at radius 2 is 2.46 bits per heavy atom. The monoisotopic (exact) mass is 194 g/mol. The summed E-state index contributed by atoms with van der Waals surface area (Å²) in [7, 11) is 0. The van der Waals surface area contributed by atoms with Gasteiger partial charge in [-0.3, -0.25) is 5.32 Å². The van der Waals surface area contributed by atoms with Gasteiger partial charge in [0.1, 0.15) is 0 Å². The van der Waals surface area contributed by atoms with Gasteiger partial charge in [-0.05, 0) is 20.8 Å². The molecule has 0 radical (unpaired) electrons. The Balaban J connectivity index is 2.47. The highest BCUT2D eigenvalue weighted by atomic mass is 32.1. The molecule has 1 heterocycles. The van der Waals surface area contributed by atoms with E-state index in [-0.39, 0.29) is 0 Å². The Hall–Kier alpha value is -0.850. The van der Waals surface area contributed by atoms with E-state index >= 15 is 0 Å². The molecular weight excluding hydrogens is 180 g/mol. The van der Waals surface area contributed by atoms with E-state index in [2.05, 4.69) is 29.1 Å². The maximum absolute atomic E-state index is 4.21. The number of hydrogen-bond acceptors (Lipinski definition) is 3. The molecule has 1 rings (SSSR count). The fourth-order valence-corrected chi connectivity index (χ4v) is 1.78. The number of thiazole rings is 1. The van der Waals surface area contributed by atoms with E-state index in [0.29, 0.717) is 6.04 Å². The summed E-state index contributed by atoms with van der Waals surface area (Å²) < 4.78 is 0. The molecule has 0 aliphatic heterocycles. The second kappa shape index (κ2) is 5.00. The minimum Gasteiger partial charge on any atom is -0.299 e.